The summed E-state index contributed by atoms with van der Waals surface area (Å²) in [5.41, 5.74) is 3.02. The Labute approximate surface area is 200 Å². The summed E-state index contributed by atoms with van der Waals surface area (Å²) in [5.74, 6) is -0.685. The summed E-state index contributed by atoms with van der Waals surface area (Å²) in [6.07, 6.45) is 1.64. The van der Waals surface area contributed by atoms with E-state index in [9.17, 15) is 14.4 Å². The first-order chi connectivity index (χ1) is 17.0. The van der Waals surface area contributed by atoms with Gasteiger partial charge in [-0.05, 0) is 48.5 Å². The summed E-state index contributed by atoms with van der Waals surface area (Å²) in [7, 11) is 1.47. The fraction of sp³-hybridized carbons (Fsp3) is 0.0769. The van der Waals surface area contributed by atoms with Gasteiger partial charge in [-0.15, -0.1) is 0 Å². The van der Waals surface area contributed by atoms with Crippen molar-refractivity contribution in [2.24, 2.45) is 0 Å². The van der Waals surface area contributed by atoms with Crippen LogP contribution in [-0.2, 0) is 4.79 Å². The van der Waals surface area contributed by atoms with Crippen molar-refractivity contribution in [1.29, 1.82) is 0 Å². The van der Waals surface area contributed by atoms with Crippen molar-refractivity contribution in [3.05, 3.63) is 96.3 Å². The molecule has 5 rings (SSSR count). The molecule has 1 aliphatic rings. The lowest BCUT2D eigenvalue weighted by molar-refractivity contribution is -0.115. The van der Waals surface area contributed by atoms with E-state index in [1.54, 1.807) is 53.3 Å². The van der Waals surface area contributed by atoms with Crippen molar-refractivity contribution in [2.75, 3.05) is 29.2 Å². The third-order valence-electron chi connectivity index (χ3n) is 5.54. The van der Waals surface area contributed by atoms with Crippen LogP contribution in [-0.4, -0.2) is 41.2 Å². The largest absolute Gasteiger partial charge is 0.493 e. The van der Waals surface area contributed by atoms with Crippen LogP contribution in [0.4, 0.5) is 17.1 Å². The molecule has 0 saturated heterocycles. The van der Waals surface area contributed by atoms with Crippen LogP contribution in [0.25, 0.3) is 5.69 Å². The van der Waals surface area contributed by atoms with Gasteiger partial charge in [0.05, 0.1) is 30.4 Å². The van der Waals surface area contributed by atoms with E-state index in [2.05, 4.69) is 15.7 Å². The standard InChI is InChI=1S/C26H21N5O4/c1-35-22-15-31(19-7-3-2-4-8-19)29-24(22)25(33)27-18-13-11-17(12-14-18)26(34)30-16-23(32)28-20-9-5-6-10-21(20)30/h2-15H,16H2,1H3,(H,27,33)(H,28,32). The number of nitrogens with zero attached hydrogens (tertiary/aromatic N) is 3. The minimum absolute atomic E-state index is 0.0712. The summed E-state index contributed by atoms with van der Waals surface area (Å²) in [6.45, 7) is -0.0712. The molecule has 9 heteroatoms. The molecule has 4 aromatic rings. The van der Waals surface area contributed by atoms with Crippen molar-refractivity contribution in [1.82, 2.24) is 9.78 Å². The molecule has 9 nitrogen and oxygen atoms in total. The van der Waals surface area contributed by atoms with E-state index in [0.717, 1.165) is 5.69 Å². The highest BCUT2D eigenvalue weighted by atomic mass is 16.5. The second kappa shape index (κ2) is 9.14. The van der Waals surface area contributed by atoms with Crippen LogP contribution < -0.4 is 20.3 Å². The first-order valence-corrected chi connectivity index (χ1v) is 10.8. The second-order valence-electron chi connectivity index (χ2n) is 7.81. The van der Waals surface area contributed by atoms with Crippen LogP contribution in [0.3, 0.4) is 0 Å². The lowest BCUT2D eigenvalue weighted by Gasteiger charge is -2.29. The second-order valence-corrected chi connectivity index (χ2v) is 7.81. The number of carbonyl (C=O) groups is 3. The van der Waals surface area contributed by atoms with E-state index >= 15 is 0 Å². The lowest BCUT2D eigenvalue weighted by Crippen LogP contribution is -2.42. The zero-order valence-electron chi connectivity index (χ0n) is 18.8. The quantitative estimate of drug-likeness (QED) is 0.465. The highest BCUT2D eigenvalue weighted by molar-refractivity contribution is 6.15. The van der Waals surface area contributed by atoms with Crippen LogP contribution in [0, 0.1) is 0 Å². The van der Waals surface area contributed by atoms with Crippen LogP contribution in [0.15, 0.2) is 85.1 Å². The molecule has 0 radical (unpaired) electrons. The van der Waals surface area contributed by atoms with Gasteiger partial charge in [-0.2, -0.15) is 5.10 Å². The number of amides is 3. The van der Waals surface area contributed by atoms with Gasteiger partial charge in [-0.3, -0.25) is 19.3 Å². The number of benzene rings is 3. The third-order valence-corrected chi connectivity index (χ3v) is 5.54. The molecular weight excluding hydrogens is 446 g/mol. The fourth-order valence-electron chi connectivity index (χ4n) is 3.83. The molecule has 2 heterocycles. The minimum Gasteiger partial charge on any atom is -0.493 e. The third kappa shape index (κ3) is 4.34. The molecule has 3 amide bonds. The topological polar surface area (TPSA) is 106 Å². The van der Waals surface area contributed by atoms with Gasteiger partial charge >= 0.3 is 0 Å². The van der Waals surface area contributed by atoms with Crippen molar-refractivity contribution in [2.45, 2.75) is 0 Å². The van der Waals surface area contributed by atoms with E-state index in [1.807, 2.05) is 36.4 Å². The van der Waals surface area contributed by atoms with Gasteiger partial charge in [-0.25, -0.2) is 4.68 Å². The highest BCUT2D eigenvalue weighted by Crippen LogP contribution is 2.30. The smallest absolute Gasteiger partial charge is 0.280 e. The van der Waals surface area contributed by atoms with Gasteiger partial charge in [0.25, 0.3) is 11.8 Å². The first kappa shape index (κ1) is 21.9. The molecule has 3 aromatic carbocycles. The number of hydrogen-bond acceptors (Lipinski definition) is 5. The Morgan fingerprint density at radius 1 is 0.971 bits per heavy atom. The molecule has 174 valence electrons. The Morgan fingerprint density at radius 3 is 2.43 bits per heavy atom. The first-order valence-electron chi connectivity index (χ1n) is 10.8. The molecule has 0 atom stereocenters. The predicted molar refractivity (Wildman–Crippen MR) is 131 cm³/mol. The van der Waals surface area contributed by atoms with Crippen molar-refractivity contribution in [3.8, 4) is 11.4 Å². The molecule has 0 bridgehead atoms. The van der Waals surface area contributed by atoms with Crippen molar-refractivity contribution in [3.63, 3.8) is 0 Å². The van der Waals surface area contributed by atoms with Crippen molar-refractivity contribution >= 4 is 34.8 Å². The summed E-state index contributed by atoms with van der Waals surface area (Å²) in [4.78, 5) is 39.5. The number of fused-ring (bicyclic) bond motifs is 1. The van der Waals surface area contributed by atoms with Crippen LogP contribution in [0.1, 0.15) is 20.8 Å². The number of ether oxygens (including phenoxy) is 1. The van der Waals surface area contributed by atoms with Gasteiger partial charge in [0.2, 0.25) is 5.91 Å². The molecule has 0 saturated carbocycles. The van der Waals surface area contributed by atoms with E-state index in [1.165, 1.54) is 12.0 Å². The number of carbonyl (C=O) groups excluding carboxylic acids is 3. The molecule has 0 fully saturated rings. The molecule has 1 aromatic heterocycles. The molecule has 0 spiro atoms. The van der Waals surface area contributed by atoms with E-state index in [-0.39, 0.29) is 24.1 Å². The lowest BCUT2D eigenvalue weighted by atomic mass is 10.1. The Hall–Kier alpha value is -4.92. The normalized spacial score (nSPS) is 12.5. The number of hydrogen-bond donors (Lipinski definition) is 2. The number of anilines is 3. The zero-order valence-corrected chi connectivity index (χ0v) is 18.8. The number of methoxy groups -OCH3 is 1. The van der Waals surface area contributed by atoms with Crippen LogP contribution >= 0.6 is 0 Å². The molecule has 35 heavy (non-hydrogen) atoms. The van der Waals surface area contributed by atoms with Gasteiger partial charge in [0, 0.05) is 11.3 Å². The average molecular weight is 467 g/mol. The maximum absolute atomic E-state index is 13.1. The van der Waals surface area contributed by atoms with Gasteiger partial charge < -0.3 is 15.4 Å². The van der Waals surface area contributed by atoms with Crippen LogP contribution in [0.5, 0.6) is 5.75 Å². The molecule has 0 unspecified atom stereocenters. The van der Waals surface area contributed by atoms with Gasteiger partial charge in [0.1, 0.15) is 6.54 Å². The number of para-hydroxylation sites is 3. The number of nitrogens with one attached hydrogen (secondary N) is 2. The average Bonchev–Trinajstić information content (AvgIpc) is 3.33. The fourth-order valence-corrected chi connectivity index (χ4v) is 3.83. The maximum Gasteiger partial charge on any atom is 0.280 e. The zero-order chi connectivity index (χ0) is 24.4. The monoisotopic (exact) mass is 467 g/mol. The van der Waals surface area contributed by atoms with Gasteiger partial charge in [0.15, 0.2) is 11.4 Å². The molecular formula is C26H21N5O4. The minimum atomic E-state index is -0.447. The molecule has 2 N–H and O–H groups in total. The predicted octanol–water partition coefficient (Wildman–Crippen LogP) is 3.73. The molecule has 0 aliphatic carbocycles. The Balaban J connectivity index is 1.33. The summed E-state index contributed by atoms with van der Waals surface area (Å²) in [6, 6.07) is 23.0. The maximum atomic E-state index is 13.1. The Morgan fingerprint density at radius 2 is 1.69 bits per heavy atom. The van der Waals surface area contributed by atoms with Gasteiger partial charge in [-0.1, -0.05) is 30.3 Å². The van der Waals surface area contributed by atoms with E-state index in [0.29, 0.717) is 28.4 Å². The van der Waals surface area contributed by atoms with E-state index in [4.69, 9.17) is 4.74 Å². The molecule has 1 aliphatic heterocycles. The highest BCUT2D eigenvalue weighted by Gasteiger charge is 2.27. The number of rotatable bonds is 5. The SMILES string of the molecule is COc1cn(-c2ccccc2)nc1C(=O)Nc1ccc(C(=O)N2CC(=O)Nc3ccccc32)cc1. The van der Waals surface area contributed by atoms with Crippen LogP contribution in [0.2, 0.25) is 0 Å². The number of aromatic nitrogens is 2. The Kier molecular flexibility index (Phi) is 5.72. The summed E-state index contributed by atoms with van der Waals surface area (Å²) in [5, 5.41) is 9.91. The van der Waals surface area contributed by atoms with E-state index < -0.39 is 5.91 Å². The Bertz CT molecular complexity index is 1410. The summed E-state index contributed by atoms with van der Waals surface area (Å²) < 4.78 is 6.91. The van der Waals surface area contributed by atoms with Crippen molar-refractivity contribution < 1.29 is 19.1 Å². The summed E-state index contributed by atoms with van der Waals surface area (Å²) >= 11 is 0.